The van der Waals surface area contributed by atoms with Crippen molar-refractivity contribution in [2.75, 3.05) is 7.05 Å². The number of likely N-dealkylation sites (N-methyl/N-ethyl adjacent to an activating group) is 1. The van der Waals surface area contributed by atoms with Crippen LogP contribution in [0.15, 0.2) is 16.5 Å². The minimum Gasteiger partial charge on any atom is -0.463 e. The number of aldehydes is 1. The molecule has 1 fully saturated rings. The lowest BCUT2D eigenvalue weighted by atomic mass is 9.99. The lowest BCUT2D eigenvalue weighted by Gasteiger charge is -2.33. The minimum absolute atomic E-state index is 0.427. The van der Waals surface area contributed by atoms with Crippen LogP contribution in [0.5, 0.6) is 0 Å². The van der Waals surface area contributed by atoms with Crippen molar-refractivity contribution in [3.63, 3.8) is 0 Å². The molecule has 122 valence electrons. The Morgan fingerprint density at radius 1 is 1.36 bits per heavy atom. The van der Waals surface area contributed by atoms with Crippen LogP contribution < -0.4 is 0 Å². The third-order valence-electron chi connectivity index (χ3n) is 4.19. The molecule has 0 spiro atoms. The standard InChI is InChI=1S/C17H25NO4/c1-11-9-12(11)13-7-8-14(21-13)17(5,10-19)18(6)15(20)22-16(2,3)4/h7-8,10-12H,9H2,1-6H3. The zero-order valence-corrected chi connectivity index (χ0v) is 14.2. The molecule has 0 N–H and O–H groups in total. The van der Waals surface area contributed by atoms with Gasteiger partial charge in [0.1, 0.15) is 17.1 Å². The average molecular weight is 307 g/mol. The van der Waals surface area contributed by atoms with E-state index >= 15 is 0 Å². The van der Waals surface area contributed by atoms with Gasteiger partial charge in [-0.15, -0.1) is 0 Å². The number of amides is 1. The zero-order chi connectivity index (χ0) is 16.7. The van der Waals surface area contributed by atoms with E-state index in [0.717, 1.165) is 18.5 Å². The van der Waals surface area contributed by atoms with Crippen LogP contribution in [0.2, 0.25) is 0 Å². The molecule has 1 aliphatic carbocycles. The lowest BCUT2D eigenvalue weighted by molar-refractivity contribution is -0.118. The van der Waals surface area contributed by atoms with E-state index in [0.29, 0.717) is 17.6 Å². The minimum atomic E-state index is -1.18. The van der Waals surface area contributed by atoms with Gasteiger partial charge in [0.15, 0.2) is 11.8 Å². The van der Waals surface area contributed by atoms with Gasteiger partial charge in [-0.2, -0.15) is 0 Å². The first kappa shape index (κ1) is 16.6. The van der Waals surface area contributed by atoms with Gasteiger partial charge < -0.3 is 13.9 Å². The van der Waals surface area contributed by atoms with E-state index in [1.807, 2.05) is 6.07 Å². The summed E-state index contributed by atoms with van der Waals surface area (Å²) in [6.07, 6.45) is 1.27. The SMILES string of the molecule is CC1CC1c1ccc(C(C)(C=O)N(C)C(=O)OC(C)(C)C)o1. The first-order valence-electron chi connectivity index (χ1n) is 7.62. The predicted molar refractivity (Wildman–Crippen MR) is 82.6 cm³/mol. The van der Waals surface area contributed by atoms with Crippen molar-refractivity contribution in [2.45, 2.75) is 58.1 Å². The summed E-state index contributed by atoms with van der Waals surface area (Å²) < 4.78 is 11.2. The molecule has 3 atom stereocenters. The Morgan fingerprint density at radius 2 is 1.95 bits per heavy atom. The predicted octanol–water partition coefficient (Wildman–Crippen LogP) is 3.68. The van der Waals surface area contributed by atoms with Gasteiger partial charge in [0.2, 0.25) is 0 Å². The number of rotatable bonds is 4. The molecule has 22 heavy (non-hydrogen) atoms. The van der Waals surface area contributed by atoms with E-state index < -0.39 is 17.2 Å². The van der Waals surface area contributed by atoms with E-state index in [2.05, 4.69) is 6.92 Å². The van der Waals surface area contributed by atoms with Gasteiger partial charge in [-0.25, -0.2) is 4.79 Å². The fourth-order valence-electron chi connectivity index (χ4n) is 2.37. The van der Waals surface area contributed by atoms with Crippen LogP contribution in [0.4, 0.5) is 4.79 Å². The van der Waals surface area contributed by atoms with Crippen molar-refractivity contribution in [1.82, 2.24) is 4.90 Å². The average Bonchev–Trinajstić information content (AvgIpc) is 2.95. The number of carbonyl (C=O) groups is 2. The second kappa shape index (κ2) is 5.45. The first-order valence-corrected chi connectivity index (χ1v) is 7.62. The molecular weight excluding hydrogens is 282 g/mol. The number of hydrogen-bond acceptors (Lipinski definition) is 4. The third kappa shape index (κ3) is 3.18. The fraction of sp³-hybridized carbons (Fsp3) is 0.647. The topological polar surface area (TPSA) is 59.8 Å². The molecule has 0 radical (unpaired) electrons. The summed E-state index contributed by atoms with van der Waals surface area (Å²) in [6.45, 7) is 9.19. The molecule has 1 aliphatic rings. The molecule has 3 unspecified atom stereocenters. The van der Waals surface area contributed by atoms with Crippen molar-refractivity contribution in [3.8, 4) is 0 Å². The lowest BCUT2D eigenvalue weighted by Crippen LogP contribution is -2.48. The van der Waals surface area contributed by atoms with Crippen LogP contribution in [0, 0.1) is 5.92 Å². The highest BCUT2D eigenvalue weighted by Gasteiger charge is 2.42. The maximum Gasteiger partial charge on any atom is 0.411 e. The number of ether oxygens (including phenoxy) is 1. The van der Waals surface area contributed by atoms with Gasteiger partial charge in [-0.1, -0.05) is 6.92 Å². The summed E-state index contributed by atoms with van der Waals surface area (Å²) in [5, 5.41) is 0. The highest BCUT2D eigenvalue weighted by Crippen LogP contribution is 2.48. The van der Waals surface area contributed by atoms with Crippen LogP contribution in [0.1, 0.15) is 58.5 Å². The molecular formula is C17H25NO4. The summed E-state index contributed by atoms with van der Waals surface area (Å²) >= 11 is 0. The van der Waals surface area contributed by atoms with Crippen molar-refractivity contribution in [1.29, 1.82) is 0 Å². The van der Waals surface area contributed by atoms with Gasteiger partial charge in [-0.3, -0.25) is 4.90 Å². The van der Waals surface area contributed by atoms with Gasteiger partial charge >= 0.3 is 6.09 Å². The molecule has 5 heteroatoms. The highest BCUT2D eigenvalue weighted by molar-refractivity contribution is 5.77. The second-order valence-corrected chi connectivity index (χ2v) is 7.33. The largest absolute Gasteiger partial charge is 0.463 e. The Morgan fingerprint density at radius 3 is 2.41 bits per heavy atom. The molecule has 2 rings (SSSR count). The first-order chi connectivity index (χ1) is 10.1. The fourth-order valence-corrected chi connectivity index (χ4v) is 2.37. The van der Waals surface area contributed by atoms with E-state index in [1.165, 1.54) is 4.90 Å². The molecule has 5 nitrogen and oxygen atoms in total. The van der Waals surface area contributed by atoms with Gasteiger partial charge in [0, 0.05) is 13.0 Å². The highest BCUT2D eigenvalue weighted by atomic mass is 16.6. The Labute approximate surface area is 131 Å². The summed E-state index contributed by atoms with van der Waals surface area (Å²) in [4.78, 5) is 25.2. The van der Waals surface area contributed by atoms with Gasteiger partial charge in [-0.05, 0) is 52.2 Å². The number of nitrogens with zero attached hydrogens (tertiary/aromatic N) is 1. The van der Waals surface area contributed by atoms with Crippen molar-refractivity contribution >= 4 is 12.4 Å². The maximum absolute atomic E-state index is 12.2. The Balaban J connectivity index is 2.21. The van der Waals surface area contributed by atoms with Crippen LogP contribution in [-0.4, -0.2) is 29.9 Å². The molecule has 1 amide bonds. The van der Waals surface area contributed by atoms with Crippen LogP contribution in [-0.2, 0) is 15.1 Å². The third-order valence-corrected chi connectivity index (χ3v) is 4.19. The van der Waals surface area contributed by atoms with E-state index in [9.17, 15) is 9.59 Å². The molecule has 0 aromatic carbocycles. The molecule has 0 bridgehead atoms. The Bertz CT molecular complexity index is 571. The van der Waals surface area contributed by atoms with Crippen molar-refractivity contribution in [2.24, 2.45) is 5.92 Å². The monoisotopic (exact) mass is 307 g/mol. The van der Waals surface area contributed by atoms with Crippen LogP contribution >= 0.6 is 0 Å². The number of carbonyl (C=O) groups excluding carboxylic acids is 2. The normalized spacial score (nSPS) is 23.5. The van der Waals surface area contributed by atoms with Crippen LogP contribution in [0.25, 0.3) is 0 Å². The van der Waals surface area contributed by atoms with E-state index in [4.69, 9.17) is 9.15 Å². The molecule has 1 saturated carbocycles. The van der Waals surface area contributed by atoms with Crippen molar-refractivity contribution < 1.29 is 18.7 Å². The number of furan rings is 1. The number of hydrogen-bond donors (Lipinski definition) is 0. The van der Waals surface area contributed by atoms with Crippen LogP contribution in [0.3, 0.4) is 0 Å². The van der Waals surface area contributed by atoms with Crippen molar-refractivity contribution in [3.05, 3.63) is 23.7 Å². The quantitative estimate of drug-likeness (QED) is 0.796. The molecule has 0 saturated heterocycles. The summed E-state index contributed by atoms with van der Waals surface area (Å²) in [6, 6.07) is 3.67. The Hall–Kier alpha value is -1.78. The summed E-state index contributed by atoms with van der Waals surface area (Å²) in [7, 11) is 1.55. The smallest absolute Gasteiger partial charge is 0.411 e. The summed E-state index contributed by atoms with van der Waals surface area (Å²) in [5.41, 5.74) is -1.80. The van der Waals surface area contributed by atoms with Gasteiger partial charge in [0.05, 0.1) is 0 Å². The maximum atomic E-state index is 12.2. The van der Waals surface area contributed by atoms with E-state index in [-0.39, 0.29) is 0 Å². The zero-order valence-electron chi connectivity index (χ0n) is 14.2. The second-order valence-electron chi connectivity index (χ2n) is 7.33. The molecule has 1 aromatic heterocycles. The van der Waals surface area contributed by atoms with Gasteiger partial charge in [0.25, 0.3) is 0 Å². The molecule has 1 aromatic rings. The summed E-state index contributed by atoms with van der Waals surface area (Å²) in [5.74, 6) is 2.39. The van der Waals surface area contributed by atoms with E-state index in [1.54, 1.807) is 40.8 Å². The molecule has 0 aliphatic heterocycles. The molecule has 1 heterocycles. The Kier molecular flexibility index (Phi) is 4.11.